The quantitative estimate of drug-likeness (QED) is 0.794. The van der Waals surface area contributed by atoms with E-state index in [9.17, 15) is 9.59 Å². The number of hydrogen-bond acceptors (Lipinski definition) is 4. The molecule has 6 nitrogen and oxygen atoms in total. The van der Waals surface area contributed by atoms with Gasteiger partial charge < -0.3 is 14.3 Å². The topological polar surface area (TPSA) is 66.7 Å². The number of piperidine rings is 1. The summed E-state index contributed by atoms with van der Waals surface area (Å²) in [6, 6.07) is 2.10. The van der Waals surface area contributed by atoms with Crippen LogP contribution in [-0.4, -0.2) is 46.4 Å². The summed E-state index contributed by atoms with van der Waals surface area (Å²) in [5.41, 5.74) is 0. The van der Waals surface area contributed by atoms with Gasteiger partial charge in [-0.1, -0.05) is 30.8 Å². The summed E-state index contributed by atoms with van der Waals surface area (Å²) >= 11 is 0. The lowest BCUT2D eigenvalue weighted by Gasteiger charge is -2.38. The number of carbonyl (C=O) groups is 2. The van der Waals surface area contributed by atoms with E-state index in [4.69, 9.17) is 4.52 Å². The molecule has 1 aliphatic heterocycles. The molecule has 6 heteroatoms. The molecule has 2 heterocycles. The summed E-state index contributed by atoms with van der Waals surface area (Å²) < 4.78 is 5.08. The normalized spacial score (nSPS) is 23.1. The van der Waals surface area contributed by atoms with Crippen LogP contribution in [0.15, 0.2) is 16.8 Å². The molecule has 2 amide bonds. The molecule has 0 spiro atoms. The van der Waals surface area contributed by atoms with Crippen LogP contribution < -0.4 is 0 Å². The van der Waals surface area contributed by atoms with Crippen LogP contribution in [0.3, 0.4) is 0 Å². The highest BCUT2D eigenvalue weighted by Crippen LogP contribution is 2.28. The zero-order valence-electron chi connectivity index (χ0n) is 14.4. The van der Waals surface area contributed by atoms with Gasteiger partial charge in [0.05, 0.1) is 18.7 Å². The van der Waals surface area contributed by atoms with Crippen molar-refractivity contribution in [2.24, 2.45) is 5.92 Å². The number of rotatable bonds is 4. The van der Waals surface area contributed by atoms with E-state index in [1.54, 1.807) is 24.2 Å². The van der Waals surface area contributed by atoms with Gasteiger partial charge in [0.2, 0.25) is 11.8 Å². The van der Waals surface area contributed by atoms with Crippen molar-refractivity contribution in [3.05, 3.63) is 18.0 Å². The van der Waals surface area contributed by atoms with Crippen molar-refractivity contribution in [2.45, 2.75) is 64.0 Å². The molecule has 24 heavy (non-hydrogen) atoms. The maximum Gasteiger partial charge on any atom is 0.227 e. The van der Waals surface area contributed by atoms with Crippen molar-refractivity contribution in [3.8, 4) is 0 Å². The highest BCUT2D eigenvalue weighted by molar-refractivity contribution is 5.83. The number of hydrogen-bond donors (Lipinski definition) is 0. The van der Waals surface area contributed by atoms with Gasteiger partial charge in [0.1, 0.15) is 0 Å². The van der Waals surface area contributed by atoms with E-state index in [1.165, 1.54) is 25.7 Å². The Hall–Kier alpha value is -1.85. The van der Waals surface area contributed by atoms with Crippen LogP contribution in [0.25, 0.3) is 0 Å². The predicted octanol–water partition coefficient (Wildman–Crippen LogP) is 2.59. The van der Waals surface area contributed by atoms with Crippen LogP contribution in [0.4, 0.5) is 0 Å². The molecule has 1 aliphatic carbocycles. The number of amides is 2. The average molecular weight is 333 g/mol. The van der Waals surface area contributed by atoms with E-state index in [2.05, 4.69) is 5.16 Å². The first-order chi connectivity index (χ1) is 11.6. The molecule has 2 fully saturated rings. The largest absolute Gasteiger partial charge is 0.360 e. The fourth-order valence-electron chi connectivity index (χ4n) is 3.94. The van der Waals surface area contributed by atoms with E-state index in [0.29, 0.717) is 37.7 Å². The molecule has 0 bridgehead atoms. The van der Waals surface area contributed by atoms with Crippen LogP contribution in [0, 0.1) is 5.92 Å². The minimum atomic E-state index is -0.0983. The first-order valence-electron chi connectivity index (χ1n) is 9.09. The molecule has 1 aromatic heterocycles. The van der Waals surface area contributed by atoms with E-state index in [0.717, 1.165) is 12.8 Å². The van der Waals surface area contributed by atoms with Crippen molar-refractivity contribution in [2.75, 3.05) is 13.6 Å². The molecule has 1 aromatic rings. The molecular formula is C18H27N3O3. The van der Waals surface area contributed by atoms with Gasteiger partial charge in [-0.3, -0.25) is 9.59 Å². The molecule has 3 rings (SSSR count). The Morgan fingerprint density at radius 3 is 2.71 bits per heavy atom. The second-order valence-corrected chi connectivity index (χ2v) is 7.10. The van der Waals surface area contributed by atoms with Crippen LogP contribution >= 0.6 is 0 Å². The third kappa shape index (κ3) is 3.97. The fraction of sp³-hybridized carbons (Fsp3) is 0.722. The molecule has 1 atom stereocenters. The smallest absolute Gasteiger partial charge is 0.227 e. The lowest BCUT2D eigenvalue weighted by Crippen LogP contribution is -2.50. The third-order valence-electron chi connectivity index (χ3n) is 5.32. The standard InChI is InChI=1S/C18H27N3O3/c1-20(13-16-10-11-19-24-16)18(23)14-8-9-17(22)21(12-14)15-6-4-2-3-5-7-15/h10-11,14-15H,2-9,12-13H2,1H3. The van der Waals surface area contributed by atoms with Gasteiger partial charge in [0.15, 0.2) is 5.76 Å². The van der Waals surface area contributed by atoms with Crippen molar-refractivity contribution in [1.82, 2.24) is 15.0 Å². The number of carbonyl (C=O) groups excluding carboxylic acids is 2. The van der Waals surface area contributed by atoms with Crippen molar-refractivity contribution in [1.29, 1.82) is 0 Å². The Morgan fingerprint density at radius 2 is 2.04 bits per heavy atom. The molecule has 1 saturated heterocycles. The molecule has 1 unspecified atom stereocenters. The Labute approximate surface area is 143 Å². The minimum Gasteiger partial charge on any atom is -0.360 e. The lowest BCUT2D eigenvalue weighted by molar-refractivity contribution is -0.144. The summed E-state index contributed by atoms with van der Waals surface area (Å²) in [5, 5.41) is 3.67. The van der Waals surface area contributed by atoms with Gasteiger partial charge in [-0.2, -0.15) is 0 Å². The first kappa shape index (κ1) is 17.0. The monoisotopic (exact) mass is 333 g/mol. The van der Waals surface area contributed by atoms with E-state index < -0.39 is 0 Å². The molecule has 0 radical (unpaired) electrons. The maximum absolute atomic E-state index is 12.8. The molecule has 2 aliphatic rings. The van der Waals surface area contributed by atoms with E-state index in [-0.39, 0.29) is 17.7 Å². The Morgan fingerprint density at radius 1 is 1.29 bits per heavy atom. The van der Waals surface area contributed by atoms with Gasteiger partial charge in [0.25, 0.3) is 0 Å². The average Bonchev–Trinajstić information content (AvgIpc) is 2.94. The summed E-state index contributed by atoms with van der Waals surface area (Å²) in [7, 11) is 1.79. The van der Waals surface area contributed by atoms with Crippen LogP contribution in [-0.2, 0) is 16.1 Å². The summed E-state index contributed by atoms with van der Waals surface area (Å²) in [4.78, 5) is 28.8. The first-order valence-corrected chi connectivity index (χ1v) is 9.09. The second kappa shape index (κ2) is 7.81. The van der Waals surface area contributed by atoms with E-state index in [1.807, 2.05) is 4.90 Å². The van der Waals surface area contributed by atoms with Gasteiger partial charge in [-0.15, -0.1) is 0 Å². The Balaban J connectivity index is 1.61. The lowest BCUT2D eigenvalue weighted by atomic mass is 9.93. The number of aromatic nitrogens is 1. The summed E-state index contributed by atoms with van der Waals surface area (Å²) in [6.45, 7) is 0.996. The van der Waals surface area contributed by atoms with Crippen LogP contribution in [0.1, 0.15) is 57.1 Å². The molecule has 0 aromatic carbocycles. The highest BCUT2D eigenvalue weighted by Gasteiger charge is 2.35. The predicted molar refractivity (Wildman–Crippen MR) is 88.9 cm³/mol. The van der Waals surface area contributed by atoms with Crippen molar-refractivity contribution in [3.63, 3.8) is 0 Å². The summed E-state index contributed by atoms with van der Waals surface area (Å²) in [6.07, 6.45) is 9.81. The zero-order chi connectivity index (χ0) is 16.9. The second-order valence-electron chi connectivity index (χ2n) is 7.10. The van der Waals surface area contributed by atoms with Crippen molar-refractivity contribution >= 4 is 11.8 Å². The molecule has 132 valence electrons. The van der Waals surface area contributed by atoms with Crippen LogP contribution in [0.5, 0.6) is 0 Å². The Bertz CT molecular complexity index is 550. The molecular weight excluding hydrogens is 306 g/mol. The van der Waals surface area contributed by atoms with Gasteiger partial charge in [0, 0.05) is 32.1 Å². The summed E-state index contributed by atoms with van der Waals surface area (Å²) in [5.74, 6) is 0.901. The number of nitrogens with zero attached hydrogens (tertiary/aromatic N) is 3. The van der Waals surface area contributed by atoms with Gasteiger partial charge in [-0.05, 0) is 19.3 Å². The fourth-order valence-corrected chi connectivity index (χ4v) is 3.94. The highest BCUT2D eigenvalue weighted by atomic mass is 16.5. The van der Waals surface area contributed by atoms with E-state index >= 15 is 0 Å². The number of likely N-dealkylation sites (tertiary alicyclic amines) is 1. The third-order valence-corrected chi connectivity index (χ3v) is 5.32. The van der Waals surface area contributed by atoms with Crippen molar-refractivity contribution < 1.29 is 14.1 Å². The van der Waals surface area contributed by atoms with Gasteiger partial charge >= 0.3 is 0 Å². The Kier molecular flexibility index (Phi) is 5.53. The zero-order valence-corrected chi connectivity index (χ0v) is 14.4. The molecule has 0 N–H and O–H groups in total. The molecule has 1 saturated carbocycles. The SMILES string of the molecule is CN(Cc1ccno1)C(=O)C1CCC(=O)N(C2CCCCCC2)C1. The minimum absolute atomic E-state index is 0.0949. The van der Waals surface area contributed by atoms with Crippen LogP contribution in [0.2, 0.25) is 0 Å². The van der Waals surface area contributed by atoms with Gasteiger partial charge in [-0.25, -0.2) is 0 Å². The maximum atomic E-state index is 12.8.